The molecule has 1 saturated heterocycles. The van der Waals surface area contributed by atoms with Crippen LogP contribution in [0, 0.1) is 0 Å². The van der Waals surface area contributed by atoms with Gasteiger partial charge < -0.3 is 4.48 Å². The molecule has 0 aliphatic carbocycles. The SMILES string of the molecule is CCCCCCCCCCCC[N+]1(C/C=C(\C)CCC=C(C)C)CCCCC1. The Labute approximate surface area is 178 Å². The molecule has 28 heavy (non-hydrogen) atoms. The van der Waals surface area contributed by atoms with Gasteiger partial charge in [-0.05, 0) is 71.8 Å². The van der Waals surface area contributed by atoms with Crippen molar-refractivity contribution in [1.29, 1.82) is 0 Å². The van der Waals surface area contributed by atoms with Crippen LogP contribution in [0.5, 0.6) is 0 Å². The number of allylic oxidation sites excluding steroid dienone is 3. The number of quaternary nitrogens is 1. The van der Waals surface area contributed by atoms with E-state index in [9.17, 15) is 0 Å². The first-order valence-corrected chi connectivity index (χ1v) is 12.7. The first-order valence-electron chi connectivity index (χ1n) is 12.7. The normalized spacial score (nSPS) is 16.9. The highest BCUT2D eigenvalue weighted by Gasteiger charge is 2.28. The van der Waals surface area contributed by atoms with E-state index in [2.05, 4.69) is 39.8 Å². The van der Waals surface area contributed by atoms with E-state index in [-0.39, 0.29) is 0 Å². The Hall–Kier alpha value is -0.560. The Morgan fingerprint density at radius 1 is 0.714 bits per heavy atom. The minimum Gasteiger partial charge on any atom is -0.320 e. The van der Waals surface area contributed by atoms with Crippen molar-refractivity contribution >= 4 is 0 Å². The zero-order valence-corrected chi connectivity index (χ0v) is 20.0. The Kier molecular flexibility index (Phi) is 14.8. The van der Waals surface area contributed by atoms with Gasteiger partial charge in [0.1, 0.15) is 0 Å². The zero-order chi connectivity index (χ0) is 20.5. The molecule has 0 amide bonds. The predicted molar refractivity (Wildman–Crippen MR) is 128 cm³/mol. The van der Waals surface area contributed by atoms with Crippen molar-refractivity contribution in [1.82, 2.24) is 0 Å². The second-order valence-corrected chi connectivity index (χ2v) is 9.81. The summed E-state index contributed by atoms with van der Waals surface area (Å²) in [6, 6.07) is 0. The van der Waals surface area contributed by atoms with E-state index in [0.717, 1.165) is 0 Å². The zero-order valence-electron chi connectivity index (χ0n) is 20.0. The van der Waals surface area contributed by atoms with E-state index < -0.39 is 0 Å². The summed E-state index contributed by atoms with van der Waals surface area (Å²) >= 11 is 0. The molecule has 0 aromatic carbocycles. The van der Waals surface area contributed by atoms with Crippen LogP contribution < -0.4 is 0 Å². The van der Waals surface area contributed by atoms with Crippen LogP contribution in [0.3, 0.4) is 0 Å². The highest BCUT2D eigenvalue weighted by atomic mass is 15.3. The fraction of sp³-hybridized carbons (Fsp3) is 0.852. The van der Waals surface area contributed by atoms with Crippen molar-refractivity contribution in [2.24, 2.45) is 0 Å². The summed E-state index contributed by atoms with van der Waals surface area (Å²) in [6.07, 6.45) is 26.3. The van der Waals surface area contributed by atoms with Gasteiger partial charge in [0.25, 0.3) is 0 Å². The molecule has 1 heterocycles. The fourth-order valence-electron chi connectivity index (χ4n) is 4.66. The molecule has 0 aromatic rings. The molecule has 1 fully saturated rings. The first kappa shape index (κ1) is 25.5. The fourth-order valence-corrected chi connectivity index (χ4v) is 4.66. The molecule has 0 radical (unpaired) electrons. The third-order valence-corrected chi connectivity index (χ3v) is 6.67. The van der Waals surface area contributed by atoms with Gasteiger partial charge in [-0.15, -0.1) is 0 Å². The summed E-state index contributed by atoms with van der Waals surface area (Å²) in [4.78, 5) is 0. The Balaban J connectivity index is 2.25. The lowest BCUT2D eigenvalue weighted by atomic mass is 10.0. The lowest BCUT2D eigenvalue weighted by molar-refractivity contribution is -0.927. The number of hydrogen-bond acceptors (Lipinski definition) is 0. The van der Waals surface area contributed by atoms with Gasteiger partial charge in [0.2, 0.25) is 0 Å². The lowest BCUT2D eigenvalue weighted by Gasteiger charge is -2.41. The molecule has 0 aromatic heterocycles. The number of likely N-dealkylation sites (tertiary alicyclic amines) is 1. The molecular formula is C27H52N+. The maximum atomic E-state index is 2.58. The third-order valence-electron chi connectivity index (χ3n) is 6.67. The number of nitrogens with zero attached hydrogens (tertiary/aromatic N) is 1. The van der Waals surface area contributed by atoms with E-state index >= 15 is 0 Å². The second-order valence-electron chi connectivity index (χ2n) is 9.81. The molecular weight excluding hydrogens is 338 g/mol. The average Bonchev–Trinajstić information content (AvgIpc) is 2.68. The molecule has 1 heteroatoms. The number of unbranched alkanes of at least 4 members (excludes halogenated alkanes) is 9. The van der Waals surface area contributed by atoms with E-state index in [1.165, 1.54) is 133 Å². The second kappa shape index (κ2) is 16.3. The van der Waals surface area contributed by atoms with Crippen LogP contribution >= 0.6 is 0 Å². The summed E-state index contributed by atoms with van der Waals surface area (Å²) in [5, 5.41) is 0. The third kappa shape index (κ3) is 12.8. The summed E-state index contributed by atoms with van der Waals surface area (Å²) in [5.74, 6) is 0. The quantitative estimate of drug-likeness (QED) is 0.140. The topological polar surface area (TPSA) is 0 Å². The summed E-state index contributed by atoms with van der Waals surface area (Å²) in [7, 11) is 0. The highest BCUT2D eigenvalue weighted by Crippen LogP contribution is 2.22. The van der Waals surface area contributed by atoms with E-state index in [0.29, 0.717) is 0 Å². The number of rotatable bonds is 16. The molecule has 1 rings (SSSR count). The molecule has 0 N–H and O–H groups in total. The van der Waals surface area contributed by atoms with Crippen molar-refractivity contribution in [3.63, 3.8) is 0 Å². The van der Waals surface area contributed by atoms with Crippen molar-refractivity contribution < 1.29 is 4.48 Å². The lowest BCUT2D eigenvalue weighted by Crippen LogP contribution is -2.52. The monoisotopic (exact) mass is 390 g/mol. The molecule has 0 saturated carbocycles. The summed E-state index contributed by atoms with van der Waals surface area (Å²) < 4.78 is 1.39. The van der Waals surface area contributed by atoms with Crippen LogP contribution in [0.15, 0.2) is 23.3 Å². The van der Waals surface area contributed by atoms with Gasteiger partial charge in [-0.2, -0.15) is 0 Å². The first-order chi connectivity index (χ1) is 13.6. The molecule has 1 nitrogen and oxygen atoms in total. The minimum atomic E-state index is 1.21. The molecule has 0 bridgehead atoms. The van der Waals surface area contributed by atoms with E-state index in [4.69, 9.17) is 0 Å². The van der Waals surface area contributed by atoms with Gasteiger partial charge >= 0.3 is 0 Å². The van der Waals surface area contributed by atoms with Crippen molar-refractivity contribution in [2.75, 3.05) is 26.2 Å². The van der Waals surface area contributed by atoms with Gasteiger partial charge in [-0.1, -0.05) is 75.5 Å². The molecule has 1 aliphatic heterocycles. The van der Waals surface area contributed by atoms with Gasteiger partial charge in [0, 0.05) is 0 Å². The molecule has 0 unspecified atom stereocenters. The molecule has 0 atom stereocenters. The van der Waals surface area contributed by atoms with Gasteiger partial charge in [0.15, 0.2) is 0 Å². The standard InChI is InChI=1S/C27H52N/c1-5-6-7-8-9-10-11-12-13-15-22-28(23-16-14-17-24-28)25-21-27(4)20-18-19-26(2)3/h19,21H,5-18,20,22-25H2,1-4H3/q+1/b27-21+. The Morgan fingerprint density at radius 2 is 1.29 bits per heavy atom. The number of piperidine rings is 1. The predicted octanol–water partition coefficient (Wildman–Crippen LogP) is 8.60. The molecule has 1 aliphatic rings. The van der Waals surface area contributed by atoms with Crippen molar-refractivity contribution in [3.8, 4) is 0 Å². The summed E-state index contributed by atoms with van der Waals surface area (Å²) in [5.41, 5.74) is 3.05. The molecule has 164 valence electrons. The van der Waals surface area contributed by atoms with Crippen LogP contribution in [0.25, 0.3) is 0 Å². The smallest absolute Gasteiger partial charge is 0.0976 e. The van der Waals surface area contributed by atoms with Crippen LogP contribution in [0.4, 0.5) is 0 Å². The van der Waals surface area contributed by atoms with Crippen LogP contribution in [-0.2, 0) is 0 Å². The maximum Gasteiger partial charge on any atom is 0.0976 e. The Bertz CT molecular complexity index is 422. The minimum absolute atomic E-state index is 1.21. The van der Waals surface area contributed by atoms with E-state index in [1.54, 1.807) is 5.57 Å². The van der Waals surface area contributed by atoms with Crippen molar-refractivity contribution in [2.45, 2.75) is 124 Å². The van der Waals surface area contributed by atoms with Gasteiger partial charge in [-0.3, -0.25) is 0 Å². The van der Waals surface area contributed by atoms with Crippen LogP contribution in [0.1, 0.15) is 124 Å². The van der Waals surface area contributed by atoms with Crippen LogP contribution in [-0.4, -0.2) is 30.7 Å². The molecule has 0 spiro atoms. The Morgan fingerprint density at radius 3 is 1.86 bits per heavy atom. The highest BCUT2D eigenvalue weighted by molar-refractivity contribution is 5.02. The average molecular weight is 391 g/mol. The van der Waals surface area contributed by atoms with Gasteiger partial charge in [0.05, 0.1) is 26.2 Å². The van der Waals surface area contributed by atoms with Crippen molar-refractivity contribution in [3.05, 3.63) is 23.3 Å². The van der Waals surface area contributed by atoms with Crippen LogP contribution in [0.2, 0.25) is 0 Å². The maximum absolute atomic E-state index is 2.58. The largest absolute Gasteiger partial charge is 0.320 e. The van der Waals surface area contributed by atoms with Gasteiger partial charge in [-0.25, -0.2) is 0 Å². The van der Waals surface area contributed by atoms with E-state index in [1.807, 2.05) is 0 Å². The number of hydrogen-bond donors (Lipinski definition) is 0. The summed E-state index contributed by atoms with van der Waals surface area (Å²) in [6.45, 7) is 14.6.